The van der Waals surface area contributed by atoms with Gasteiger partial charge in [-0.2, -0.15) is 0 Å². The Morgan fingerprint density at radius 1 is 0.967 bits per heavy atom. The molecule has 0 aliphatic carbocycles. The Labute approximate surface area is 176 Å². The summed E-state index contributed by atoms with van der Waals surface area (Å²) in [5, 5.41) is 3.02. The zero-order valence-electron chi connectivity index (χ0n) is 17.1. The number of carbonyl (C=O) groups excluding carboxylic acids is 1. The summed E-state index contributed by atoms with van der Waals surface area (Å²) < 4.78 is 2.09. The lowest BCUT2D eigenvalue weighted by atomic mass is 10.1. The molecule has 0 radical (unpaired) electrons. The first-order chi connectivity index (χ1) is 14.6. The number of amides is 1. The van der Waals surface area contributed by atoms with Crippen molar-refractivity contribution in [2.45, 2.75) is 13.5 Å². The molecule has 0 spiro atoms. The van der Waals surface area contributed by atoms with Gasteiger partial charge >= 0.3 is 0 Å². The van der Waals surface area contributed by atoms with E-state index in [0.29, 0.717) is 5.56 Å². The topological polar surface area (TPSA) is 50.2 Å². The maximum absolute atomic E-state index is 13.0. The lowest BCUT2D eigenvalue weighted by molar-refractivity contribution is 0.102. The third kappa shape index (κ3) is 4.25. The highest BCUT2D eigenvalue weighted by molar-refractivity contribution is 6.08. The summed E-state index contributed by atoms with van der Waals surface area (Å²) >= 11 is 0. The second-order valence-electron chi connectivity index (χ2n) is 7.17. The van der Waals surface area contributed by atoms with Crippen LogP contribution in [0.15, 0.2) is 91.3 Å². The summed E-state index contributed by atoms with van der Waals surface area (Å²) in [4.78, 5) is 19.3. The molecule has 0 unspecified atom stereocenters. The molecule has 4 rings (SSSR count). The largest absolute Gasteiger partial charge is 0.344 e. The van der Waals surface area contributed by atoms with Crippen LogP contribution in [0.1, 0.15) is 21.7 Å². The van der Waals surface area contributed by atoms with E-state index in [1.165, 1.54) is 0 Å². The molecule has 5 heteroatoms. The lowest BCUT2D eigenvalue weighted by Gasteiger charge is -2.22. The molecule has 150 valence electrons. The number of aryl methyl sites for hydroxylation is 1. The smallest absolute Gasteiger partial charge is 0.257 e. The van der Waals surface area contributed by atoms with Crippen LogP contribution in [-0.2, 0) is 6.54 Å². The van der Waals surface area contributed by atoms with Crippen molar-refractivity contribution in [1.29, 1.82) is 0 Å². The summed E-state index contributed by atoms with van der Waals surface area (Å²) in [6.45, 7) is 2.74. The van der Waals surface area contributed by atoms with Crippen molar-refractivity contribution >= 4 is 23.0 Å². The second-order valence-corrected chi connectivity index (χ2v) is 7.17. The van der Waals surface area contributed by atoms with E-state index in [4.69, 9.17) is 0 Å². The summed E-state index contributed by atoms with van der Waals surface area (Å²) in [5.41, 5.74) is 4.42. The van der Waals surface area contributed by atoms with E-state index in [2.05, 4.69) is 14.9 Å². The normalized spacial score (nSPS) is 10.6. The van der Waals surface area contributed by atoms with Crippen LogP contribution >= 0.6 is 0 Å². The summed E-state index contributed by atoms with van der Waals surface area (Å²) in [5.74, 6) is 0.845. The van der Waals surface area contributed by atoms with Crippen molar-refractivity contribution in [3.05, 3.63) is 108 Å². The first-order valence-electron chi connectivity index (χ1n) is 9.87. The molecule has 5 nitrogen and oxygen atoms in total. The third-order valence-corrected chi connectivity index (χ3v) is 5.14. The van der Waals surface area contributed by atoms with Gasteiger partial charge in [-0.25, -0.2) is 4.98 Å². The molecule has 0 bridgehead atoms. The number of carbonyl (C=O) groups is 1. The number of benzene rings is 3. The minimum absolute atomic E-state index is 0.133. The van der Waals surface area contributed by atoms with E-state index in [1.807, 2.05) is 104 Å². The molecule has 0 saturated carbocycles. The van der Waals surface area contributed by atoms with E-state index in [0.717, 1.165) is 35.0 Å². The van der Waals surface area contributed by atoms with Crippen LogP contribution in [0.5, 0.6) is 0 Å². The average molecular weight is 396 g/mol. The number of nitrogens with zero attached hydrogens (tertiary/aromatic N) is 3. The van der Waals surface area contributed by atoms with E-state index in [9.17, 15) is 4.79 Å². The molecule has 0 saturated heterocycles. The Balaban J connectivity index is 1.50. The quantitative estimate of drug-likeness (QED) is 0.484. The molecule has 1 amide bonds. The molecule has 4 aromatic rings. The van der Waals surface area contributed by atoms with Crippen LogP contribution < -0.4 is 10.2 Å². The van der Waals surface area contributed by atoms with Crippen molar-refractivity contribution in [2.75, 3.05) is 17.3 Å². The number of imidazole rings is 1. The van der Waals surface area contributed by atoms with Crippen LogP contribution in [0.4, 0.5) is 17.1 Å². The van der Waals surface area contributed by atoms with Gasteiger partial charge < -0.3 is 14.8 Å². The zero-order valence-corrected chi connectivity index (χ0v) is 17.1. The van der Waals surface area contributed by atoms with E-state index in [1.54, 1.807) is 6.20 Å². The number of hydrogen-bond acceptors (Lipinski definition) is 3. The maximum atomic E-state index is 13.0. The molecule has 1 N–H and O–H groups in total. The number of rotatable bonds is 6. The SMILES string of the molecule is Cc1nccn1Cc1ccc(NC(=O)c2ccccc2N(C)c2ccccc2)cc1. The first kappa shape index (κ1) is 19.5. The standard InChI is InChI=1S/C25H24N4O/c1-19-26-16-17-29(19)18-20-12-14-21(15-13-20)27-25(30)23-10-6-7-11-24(23)28(2)22-8-4-3-5-9-22/h3-17H,18H2,1-2H3,(H,27,30). The Morgan fingerprint density at radius 2 is 1.67 bits per heavy atom. The average Bonchev–Trinajstić information content (AvgIpc) is 3.19. The van der Waals surface area contributed by atoms with Gasteiger partial charge in [0.05, 0.1) is 11.3 Å². The molecule has 30 heavy (non-hydrogen) atoms. The van der Waals surface area contributed by atoms with Gasteiger partial charge in [0.1, 0.15) is 5.82 Å². The van der Waals surface area contributed by atoms with Crippen LogP contribution in [0.25, 0.3) is 0 Å². The minimum atomic E-state index is -0.133. The number of aromatic nitrogens is 2. The second kappa shape index (κ2) is 8.66. The third-order valence-electron chi connectivity index (χ3n) is 5.14. The van der Waals surface area contributed by atoms with Crippen LogP contribution in [0.3, 0.4) is 0 Å². The Kier molecular flexibility index (Phi) is 5.61. The Morgan fingerprint density at radius 3 is 2.37 bits per heavy atom. The van der Waals surface area contributed by atoms with Gasteiger partial charge in [-0.3, -0.25) is 4.79 Å². The molecule has 0 fully saturated rings. The van der Waals surface area contributed by atoms with Gasteiger partial charge in [0.2, 0.25) is 0 Å². The van der Waals surface area contributed by atoms with Gasteiger partial charge in [0, 0.05) is 37.4 Å². The van der Waals surface area contributed by atoms with E-state index < -0.39 is 0 Å². The van der Waals surface area contributed by atoms with Gasteiger partial charge in [-0.05, 0) is 48.9 Å². The van der Waals surface area contributed by atoms with Crippen molar-refractivity contribution in [1.82, 2.24) is 9.55 Å². The molecule has 0 aliphatic heterocycles. The van der Waals surface area contributed by atoms with Crippen LogP contribution in [-0.4, -0.2) is 22.5 Å². The molecule has 1 aromatic heterocycles. The molecule has 0 aliphatic rings. The predicted molar refractivity (Wildman–Crippen MR) is 121 cm³/mol. The molecular weight excluding hydrogens is 372 g/mol. The minimum Gasteiger partial charge on any atom is -0.344 e. The maximum Gasteiger partial charge on any atom is 0.257 e. The lowest BCUT2D eigenvalue weighted by Crippen LogP contribution is -2.18. The highest BCUT2D eigenvalue weighted by Crippen LogP contribution is 2.27. The van der Waals surface area contributed by atoms with Gasteiger partial charge in [-0.15, -0.1) is 0 Å². The fourth-order valence-electron chi connectivity index (χ4n) is 3.41. The fraction of sp³-hybridized carbons (Fsp3) is 0.120. The monoisotopic (exact) mass is 396 g/mol. The Bertz CT molecular complexity index is 1130. The fourth-order valence-corrected chi connectivity index (χ4v) is 3.41. The molecule has 3 aromatic carbocycles. The first-order valence-corrected chi connectivity index (χ1v) is 9.87. The number of anilines is 3. The van der Waals surface area contributed by atoms with Crippen molar-refractivity contribution in [2.24, 2.45) is 0 Å². The van der Waals surface area contributed by atoms with Gasteiger partial charge in [0.15, 0.2) is 0 Å². The van der Waals surface area contributed by atoms with Gasteiger partial charge in [-0.1, -0.05) is 42.5 Å². The zero-order chi connectivity index (χ0) is 20.9. The molecule has 0 atom stereocenters. The van der Waals surface area contributed by atoms with Crippen LogP contribution in [0, 0.1) is 6.92 Å². The summed E-state index contributed by atoms with van der Waals surface area (Å²) in [6, 6.07) is 25.5. The highest BCUT2D eigenvalue weighted by Gasteiger charge is 2.15. The van der Waals surface area contributed by atoms with Crippen molar-refractivity contribution < 1.29 is 4.79 Å². The van der Waals surface area contributed by atoms with Crippen molar-refractivity contribution in [3.63, 3.8) is 0 Å². The number of para-hydroxylation sites is 2. The van der Waals surface area contributed by atoms with Crippen LogP contribution in [0.2, 0.25) is 0 Å². The summed E-state index contributed by atoms with van der Waals surface area (Å²) in [6.07, 6.45) is 3.76. The number of hydrogen-bond donors (Lipinski definition) is 1. The predicted octanol–water partition coefficient (Wildman–Crippen LogP) is 5.26. The Hall–Kier alpha value is -3.86. The number of nitrogens with one attached hydrogen (secondary N) is 1. The molecule has 1 heterocycles. The molecular formula is C25H24N4O. The highest BCUT2D eigenvalue weighted by atomic mass is 16.1. The van der Waals surface area contributed by atoms with E-state index in [-0.39, 0.29) is 5.91 Å². The summed E-state index contributed by atoms with van der Waals surface area (Å²) in [7, 11) is 1.97. The van der Waals surface area contributed by atoms with Crippen molar-refractivity contribution in [3.8, 4) is 0 Å². The van der Waals surface area contributed by atoms with Gasteiger partial charge in [0.25, 0.3) is 5.91 Å². The van der Waals surface area contributed by atoms with E-state index >= 15 is 0 Å².